The molecule has 2 amide bonds. The van der Waals surface area contributed by atoms with Crippen LogP contribution in [0.3, 0.4) is 0 Å². The number of piperidine rings is 1. The van der Waals surface area contributed by atoms with Crippen LogP contribution < -0.4 is 0 Å². The Balaban J connectivity index is 1.43. The number of amides is 2. The van der Waals surface area contributed by atoms with Crippen molar-refractivity contribution in [1.29, 1.82) is 0 Å². The summed E-state index contributed by atoms with van der Waals surface area (Å²) in [6.07, 6.45) is 8.66. The molecule has 2 heterocycles. The zero-order valence-corrected chi connectivity index (χ0v) is 17.6. The van der Waals surface area contributed by atoms with Gasteiger partial charge < -0.3 is 9.80 Å². The summed E-state index contributed by atoms with van der Waals surface area (Å²) in [6, 6.07) is 9.96. The van der Waals surface area contributed by atoms with E-state index in [-0.39, 0.29) is 17.7 Å². The summed E-state index contributed by atoms with van der Waals surface area (Å²) >= 11 is 0. The molecule has 0 radical (unpaired) electrons. The molecule has 1 saturated heterocycles. The van der Waals surface area contributed by atoms with E-state index in [1.165, 1.54) is 0 Å². The van der Waals surface area contributed by atoms with Crippen molar-refractivity contribution in [3.8, 4) is 5.69 Å². The van der Waals surface area contributed by atoms with Crippen molar-refractivity contribution in [3.05, 3.63) is 48.3 Å². The lowest BCUT2D eigenvalue weighted by molar-refractivity contribution is -0.139. The molecule has 1 fully saturated rings. The maximum Gasteiger partial charge on any atom is 0.225 e. The summed E-state index contributed by atoms with van der Waals surface area (Å²) in [5.41, 5.74) is 2.07. The zero-order chi connectivity index (χ0) is 20.6. The lowest BCUT2D eigenvalue weighted by Gasteiger charge is -2.33. The van der Waals surface area contributed by atoms with E-state index >= 15 is 0 Å². The molecule has 3 rings (SSSR count). The second-order valence-electron chi connectivity index (χ2n) is 7.90. The van der Waals surface area contributed by atoms with E-state index < -0.39 is 0 Å². The molecule has 6 heteroatoms. The van der Waals surface area contributed by atoms with Gasteiger partial charge in [0.15, 0.2) is 0 Å². The van der Waals surface area contributed by atoms with Gasteiger partial charge in [0.1, 0.15) is 0 Å². The molecule has 2 aromatic rings. The molecule has 1 aromatic heterocycles. The fourth-order valence-electron chi connectivity index (χ4n) is 3.81. The van der Waals surface area contributed by atoms with Crippen molar-refractivity contribution in [2.45, 2.75) is 45.4 Å². The van der Waals surface area contributed by atoms with Gasteiger partial charge in [-0.1, -0.05) is 31.5 Å². The first-order chi connectivity index (χ1) is 14.1. The third-order valence-corrected chi connectivity index (χ3v) is 5.70. The molecular formula is C23H32N4O2. The highest BCUT2D eigenvalue weighted by atomic mass is 16.2. The van der Waals surface area contributed by atoms with Crippen molar-refractivity contribution < 1.29 is 9.59 Å². The van der Waals surface area contributed by atoms with Crippen molar-refractivity contribution >= 4 is 11.8 Å². The first-order valence-electron chi connectivity index (χ1n) is 10.7. The minimum absolute atomic E-state index is 0.0602. The van der Waals surface area contributed by atoms with Crippen LogP contribution in [0, 0.1) is 5.92 Å². The summed E-state index contributed by atoms with van der Waals surface area (Å²) in [4.78, 5) is 28.9. The van der Waals surface area contributed by atoms with Crippen LogP contribution in [0.4, 0.5) is 0 Å². The molecule has 0 saturated carbocycles. The van der Waals surface area contributed by atoms with Crippen LogP contribution in [-0.4, -0.2) is 58.1 Å². The van der Waals surface area contributed by atoms with Crippen LogP contribution in [0.2, 0.25) is 0 Å². The maximum atomic E-state index is 12.6. The molecule has 0 bridgehead atoms. The number of carbonyl (C=O) groups excluding carboxylic acids is 2. The number of para-hydroxylation sites is 1. The first kappa shape index (κ1) is 21.1. The lowest BCUT2D eigenvalue weighted by Crippen LogP contribution is -2.43. The van der Waals surface area contributed by atoms with Gasteiger partial charge in [0.2, 0.25) is 11.8 Å². The Morgan fingerprint density at radius 3 is 2.59 bits per heavy atom. The number of aryl methyl sites for hydroxylation is 1. The SMILES string of the molecule is CCCCN(C)C(=O)C1CCN(C(=O)CCc2cnn(-c3ccccc3)c2)CC1. The van der Waals surface area contributed by atoms with E-state index in [4.69, 9.17) is 0 Å². The third kappa shape index (κ3) is 5.68. The third-order valence-electron chi connectivity index (χ3n) is 5.70. The van der Waals surface area contributed by atoms with E-state index in [9.17, 15) is 9.59 Å². The average molecular weight is 397 g/mol. The zero-order valence-electron chi connectivity index (χ0n) is 17.6. The number of aromatic nitrogens is 2. The largest absolute Gasteiger partial charge is 0.346 e. The maximum absolute atomic E-state index is 12.6. The topological polar surface area (TPSA) is 58.4 Å². The summed E-state index contributed by atoms with van der Waals surface area (Å²) in [7, 11) is 1.89. The number of unbranched alkanes of at least 4 members (excludes halogenated alkanes) is 1. The standard InChI is InChI=1S/C23H32N4O2/c1-3-4-14-25(2)23(29)20-12-15-26(16-13-20)22(28)11-10-19-17-24-27(18-19)21-8-6-5-7-9-21/h5-9,17-18,20H,3-4,10-16H2,1-2H3. The average Bonchev–Trinajstić information content (AvgIpc) is 3.25. The number of rotatable bonds is 8. The van der Waals surface area contributed by atoms with E-state index in [1.807, 2.05) is 64.3 Å². The van der Waals surface area contributed by atoms with Crippen molar-refractivity contribution in [1.82, 2.24) is 19.6 Å². The van der Waals surface area contributed by atoms with E-state index in [0.29, 0.717) is 25.9 Å². The molecule has 0 atom stereocenters. The number of likely N-dealkylation sites (tertiary alicyclic amines) is 1. The molecule has 1 aromatic carbocycles. The first-order valence-corrected chi connectivity index (χ1v) is 10.7. The molecule has 29 heavy (non-hydrogen) atoms. The highest BCUT2D eigenvalue weighted by Gasteiger charge is 2.28. The van der Waals surface area contributed by atoms with Crippen LogP contribution in [0.1, 0.15) is 44.6 Å². The minimum Gasteiger partial charge on any atom is -0.346 e. The highest BCUT2D eigenvalue weighted by Crippen LogP contribution is 2.20. The highest BCUT2D eigenvalue weighted by molar-refractivity contribution is 5.80. The predicted molar refractivity (Wildman–Crippen MR) is 114 cm³/mol. The smallest absolute Gasteiger partial charge is 0.225 e. The molecule has 0 N–H and O–H groups in total. The Kier molecular flexibility index (Phi) is 7.44. The Hall–Kier alpha value is -2.63. The Bertz CT molecular complexity index is 794. The van der Waals surface area contributed by atoms with Crippen molar-refractivity contribution in [2.75, 3.05) is 26.7 Å². The predicted octanol–water partition coefficient (Wildman–Crippen LogP) is 3.30. The van der Waals surface area contributed by atoms with Gasteiger partial charge in [-0.2, -0.15) is 5.10 Å². The fourth-order valence-corrected chi connectivity index (χ4v) is 3.81. The summed E-state index contributed by atoms with van der Waals surface area (Å²) in [5, 5.41) is 4.39. The fraction of sp³-hybridized carbons (Fsp3) is 0.522. The van der Waals surface area contributed by atoms with Gasteiger partial charge >= 0.3 is 0 Å². The summed E-state index contributed by atoms with van der Waals surface area (Å²) in [5.74, 6) is 0.464. The number of benzene rings is 1. The number of carbonyl (C=O) groups is 2. The number of nitrogens with zero attached hydrogens (tertiary/aromatic N) is 4. The van der Waals surface area contributed by atoms with Crippen LogP contribution in [0.15, 0.2) is 42.7 Å². The molecule has 1 aliphatic heterocycles. The molecular weight excluding hydrogens is 364 g/mol. The van der Waals surface area contributed by atoms with E-state index in [2.05, 4.69) is 12.0 Å². The molecule has 0 aliphatic carbocycles. The number of hydrogen-bond acceptors (Lipinski definition) is 3. The monoisotopic (exact) mass is 396 g/mol. The van der Waals surface area contributed by atoms with Gasteiger partial charge in [-0.15, -0.1) is 0 Å². The Morgan fingerprint density at radius 1 is 1.17 bits per heavy atom. The van der Waals surface area contributed by atoms with Crippen molar-refractivity contribution in [3.63, 3.8) is 0 Å². The Morgan fingerprint density at radius 2 is 1.90 bits per heavy atom. The Labute approximate surface area is 173 Å². The van der Waals surface area contributed by atoms with Gasteiger partial charge in [0.05, 0.1) is 11.9 Å². The molecule has 0 spiro atoms. The quantitative estimate of drug-likeness (QED) is 0.688. The minimum atomic E-state index is 0.0602. The van der Waals surface area contributed by atoms with Gasteiger partial charge in [-0.05, 0) is 43.4 Å². The van der Waals surface area contributed by atoms with Gasteiger partial charge in [-0.3, -0.25) is 9.59 Å². The van der Waals surface area contributed by atoms with Crippen LogP contribution in [-0.2, 0) is 16.0 Å². The van der Waals surface area contributed by atoms with Crippen LogP contribution >= 0.6 is 0 Å². The molecule has 0 unspecified atom stereocenters. The number of hydrogen-bond donors (Lipinski definition) is 0. The lowest BCUT2D eigenvalue weighted by atomic mass is 9.95. The molecule has 156 valence electrons. The van der Waals surface area contributed by atoms with Crippen LogP contribution in [0.25, 0.3) is 5.69 Å². The molecule has 6 nitrogen and oxygen atoms in total. The molecule has 1 aliphatic rings. The van der Waals surface area contributed by atoms with E-state index in [1.54, 1.807) is 0 Å². The van der Waals surface area contributed by atoms with Crippen molar-refractivity contribution in [2.24, 2.45) is 5.92 Å². The van der Waals surface area contributed by atoms with Gasteiger partial charge in [0.25, 0.3) is 0 Å². The summed E-state index contributed by atoms with van der Waals surface area (Å²) in [6.45, 7) is 4.32. The second-order valence-corrected chi connectivity index (χ2v) is 7.90. The van der Waals surface area contributed by atoms with E-state index in [0.717, 1.165) is 43.5 Å². The normalized spacial score (nSPS) is 14.8. The second kappa shape index (κ2) is 10.2. The van der Waals surface area contributed by atoms with Gasteiger partial charge in [-0.25, -0.2) is 4.68 Å². The summed E-state index contributed by atoms with van der Waals surface area (Å²) < 4.78 is 1.84. The van der Waals surface area contributed by atoms with Crippen LogP contribution in [0.5, 0.6) is 0 Å². The van der Waals surface area contributed by atoms with Gasteiger partial charge in [0, 0.05) is 45.2 Å².